The van der Waals surface area contributed by atoms with Crippen LogP contribution in [0.1, 0.15) is 18.4 Å². The fraction of sp³-hybridized carbons (Fsp3) is 0.462. The fourth-order valence-electron chi connectivity index (χ4n) is 2.27. The summed E-state index contributed by atoms with van der Waals surface area (Å²) >= 11 is 11.8. The molecule has 0 unspecified atom stereocenters. The lowest BCUT2D eigenvalue weighted by molar-refractivity contribution is -0.143. The monoisotopic (exact) mass is 305 g/mol. The molecule has 1 saturated heterocycles. The van der Waals surface area contributed by atoms with Gasteiger partial charge < -0.3 is 5.11 Å². The van der Waals surface area contributed by atoms with Crippen molar-refractivity contribution in [2.45, 2.75) is 19.4 Å². The molecule has 2 rings (SSSR count). The van der Waals surface area contributed by atoms with E-state index in [0.717, 1.165) is 5.56 Å². The summed E-state index contributed by atoms with van der Waals surface area (Å²) in [6, 6.07) is 2.92. The number of carboxylic acid groups (broad SMARTS) is 1. The minimum absolute atomic E-state index is 0.0559. The average Bonchev–Trinajstić information content (AvgIpc) is 2.40. The number of piperidine rings is 1. The number of benzene rings is 1. The van der Waals surface area contributed by atoms with Crippen LogP contribution in [-0.2, 0) is 11.3 Å². The molecule has 19 heavy (non-hydrogen) atoms. The van der Waals surface area contributed by atoms with Crippen molar-refractivity contribution >= 4 is 29.2 Å². The minimum atomic E-state index is -0.734. The van der Waals surface area contributed by atoms with E-state index < -0.39 is 11.8 Å². The van der Waals surface area contributed by atoms with E-state index in [1.165, 1.54) is 6.07 Å². The van der Waals surface area contributed by atoms with Crippen molar-refractivity contribution in [1.29, 1.82) is 0 Å². The topological polar surface area (TPSA) is 40.5 Å². The molecule has 0 atom stereocenters. The van der Waals surface area contributed by atoms with Gasteiger partial charge in [-0.25, -0.2) is 4.39 Å². The summed E-state index contributed by atoms with van der Waals surface area (Å²) in [5, 5.41) is 9.11. The SMILES string of the molecule is O=C(O)C1CCN(Cc2ccc(F)c(Cl)c2Cl)CC1. The molecule has 0 aliphatic carbocycles. The van der Waals surface area contributed by atoms with Gasteiger partial charge in [0.25, 0.3) is 0 Å². The second-order valence-electron chi connectivity index (χ2n) is 4.72. The number of hydrogen-bond acceptors (Lipinski definition) is 2. The maximum absolute atomic E-state index is 13.2. The van der Waals surface area contributed by atoms with Crippen LogP contribution in [0.15, 0.2) is 12.1 Å². The fourth-order valence-corrected chi connectivity index (χ4v) is 2.66. The molecule has 1 N–H and O–H groups in total. The van der Waals surface area contributed by atoms with Crippen molar-refractivity contribution in [3.63, 3.8) is 0 Å². The van der Waals surface area contributed by atoms with Crippen molar-refractivity contribution in [1.82, 2.24) is 4.90 Å². The lowest BCUT2D eigenvalue weighted by Gasteiger charge is -2.30. The van der Waals surface area contributed by atoms with E-state index in [4.69, 9.17) is 28.3 Å². The molecule has 104 valence electrons. The van der Waals surface area contributed by atoms with Gasteiger partial charge in [0.1, 0.15) is 5.82 Å². The van der Waals surface area contributed by atoms with Crippen molar-refractivity contribution in [2.75, 3.05) is 13.1 Å². The van der Waals surface area contributed by atoms with Gasteiger partial charge in [0.15, 0.2) is 0 Å². The third-order valence-corrected chi connectivity index (χ3v) is 4.34. The van der Waals surface area contributed by atoms with Crippen molar-refractivity contribution in [3.05, 3.63) is 33.6 Å². The highest BCUT2D eigenvalue weighted by atomic mass is 35.5. The number of carbonyl (C=O) groups is 1. The first kappa shape index (κ1) is 14.6. The highest BCUT2D eigenvalue weighted by molar-refractivity contribution is 6.42. The molecular formula is C13H14Cl2FNO2. The van der Waals surface area contributed by atoms with Gasteiger partial charge in [-0.05, 0) is 37.6 Å². The van der Waals surface area contributed by atoms with Gasteiger partial charge in [-0.3, -0.25) is 9.69 Å². The molecule has 0 aromatic heterocycles. The Hall–Kier alpha value is -0.840. The van der Waals surface area contributed by atoms with Crippen molar-refractivity contribution in [2.24, 2.45) is 5.92 Å². The molecule has 0 saturated carbocycles. The van der Waals surface area contributed by atoms with E-state index in [1.807, 2.05) is 0 Å². The van der Waals surface area contributed by atoms with Gasteiger partial charge in [-0.1, -0.05) is 29.3 Å². The Morgan fingerprint density at radius 2 is 1.95 bits per heavy atom. The predicted molar refractivity (Wildman–Crippen MR) is 72.1 cm³/mol. The Bertz CT molecular complexity index is 488. The van der Waals surface area contributed by atoms with Crippen LogP contribution in [0.2, 0.25) is 10.0 Å². The number of halogens is 3. The molecule has 1 heterocycles. The summed E-state index contributed by atoms with van der Waals surface area (Å²) in [7, 11) is 0. The van der Waals surface area contributed by atoms with Gasteiger partial charge in [0.2, 0.25) is 0 Å². The van der Waals surface area contributed by atoms with E-state index >= 15 is 0 Å². The smallest absolute Gasteiger partial charge is 0.306 e. The van der Waals surface area contributed by atoms with E-state index in [2.05, 4.69) is 4.90 Å². The normalized spacial score (nSPS) is 17.6. The first-order chi connectivity index (χ1) is 8.99. The van der Waals surface area contributed by atoms with Crippen LogP contribution in [0.3, 0.4) is 0 Å². The molecule has 3 nitrogen and oxygen atoms in total. The average molecular weight is 306 g/mol. The molecule has 1 aliphatic rings. The van der Waals surface area contributed by atoms with Crippen molar-refractivity contribution < 1.29 is 14.3 Å². The maximum atomic E-state index is 13.2. The standard InChI is InChI=1S/C13H14Cl2FNO2/c14-11-9(1-2-10(16)12(11)15)7-17-5-3-8(4-6-17)13(18)19/h1-2,8H,3-7H2,(H,18,19). The maximum Gasteiger partial charge on any atom is 0.306 e. The minimum Gasteiger partial charge on any atom is -0.481 e. The first-order valence-electron chi connectivity index (χ1n) is 6.06. The number of carboxylic acids is 1. The predicted octanol–water partition coefficient (Wildman–Crippen LogP) is 3.43. The lowest BCUT2D eigenvalue weighted by Crippen LogP contribution is -2.35. The second kappa shape index (κ2) is 6.07. The third kappa shape index (κ3) is 3.38. The van der Waals surface area contributed by atoms with Crippen LogP contribution in [0.5, 0.6) is 0 Å². The Labute approximate surface area is 120 Å². The number of likely N-dealkylation sites (tertiary alicyclic amines) is 1. The zero-order chi connectivity index (χ0) is 14.0. The second-order valence-corrected chi connectivity index (χ2v) is 5.48. The van der Waals surface area contributed by atoms with Gasteiger partial charge in [-0.2, -0.15) is 0 Å². The molecule has 1 fully saturated rings. The Balaban J connectivity index is 2.00. The summed E-state index contributed by atoms with van der Waals surface area (Å²) in [6.07, 6.45) is 1.25. The van der Waals surface area contributed by atoms with E-state index in [1.54, 1.807) is 6.07 Å². The third-order valence-electron chi connectivity index (χ3n) is 3.45. The molecule has 6 heteroatoms. The van der Waals surface area contributed by atoms with E-state index in [9.17, 15) is 9.18 Å². The summed E-state index contributed by atoms with van der Waals surface area (Å²) in [6.45, 7) is 1.95. The number of hydrogen-bond donors (Lipinski definition) is 1. The summed E-state index contributed by atoms with van der Waals surface area (Å²) < 4.78 is 13.2. The van der Waals surface area contributed by atoms with E-state index in [0.29, 0.717) is 32.5 Å². The first-order valence-corrected chi connectivity index (χ1v) is 6.82. The lowest BCUT2D eigenvalue weighted by atomic mass is 9.97. The van der Waals surface area contributed by atoms with Gasteiger partial charge in [0.05, 0.1) is 16.0 Å². The zero-order valence-corrected chi connectivity index (χ0v) is 11.7. The van der Waals surface area contributed by atoms with Crippen LogP contribution in [0.4, 0.5) is 4.39 Å². The van der Waals surface area contributed by atoms with Gasteiger partial charge in [-0.15, -0.1) is 0 Å². The molecule has 0 bridgehead atoms. The Kier molecular flexibility index (Phi) is 4.66. The van der Waals surface area contributed by atoms with Crippen LogP contribution in [-0.4, -0.2) is 29.1 Å². The zero-order valence-electron chi connectivity index (χ0n) is 10.2. The molecule has 1 aliphatic heterocycles. The van der Waals surface area contributed by atoms with Crippen molar-refractivity contribution in [3.8, 4) is 0 Å². The van der Waals surface area contributed by atoms with Crippen LogP contribution < -0.4 is 0 Å². The van der Waals surface area contributed by atoms with Gasteiger partial charge >= 0.3 is 5.97 Å². The van der Waals surface area contributed by atoms with Crippen LogP contribution in [0.25, 0.3) is 0 Å². The highest BCUT2D eigenvalue weighted by Gasteiger charge is 2.25. The van der Waals surface area contributed by atoms with Crippen LogP contribution >= 0.6 is 23.2 Å². The summed E-state index contributed by atoms with van der Waals surface area (Å²) in [5.41, 5.74) is 0.766. The Morgan fingerprint density at radius 3 is 2.53 bits per heavy atom. The van der Waals surface area contributed by atoms with E-state index in [-0.39, 0.29) is 16.0 Å². The number of aliphatic carboxylic acids is 1. The van der Waals surface area contributed by atoms with Crippen LogP contribution in [0, 0.1) is 11.7 Å². The molecule has 0 spiro atoms. The number of rotatable bonds is 3. The largest absolute Gasteiger partial charge is 0.481 e. The quantitative estimate of drug-likeness (QED) is 0.870. The Morgan fingerprint density at radius 1 is 1.32 bits per heavy atom. The molecule has 0 radical (unpaired) electrons. The molecular weight excluding hydrogens is 292 g/mol. The van der Waals surface area contributed by atoms with Gasteiger partial charge in [0, 0.05) is 6.54 Å². The molecule has 0 amide bonds. The summed E-state index contributed by atoms with van der Waals surface area (Å²) in [4.78, 5) is 13.0. The molecule has 1 aromatic rings. The summed E-state index contributed by atoms with van der Waals surface area (Å²) in [5.74, 6) is -1.52. The molecule has 1 aromatic carbocycles. The highest BCUT2D eigenvalue weighted by Crippen LogP contribution is 2.30. The number of nitrogens with zero attached hydrogens (tertiary/aromatic N) is 1.